The quantitative estimate of drug-likeness (QED) is 0.418. The van der Waals surface area contributed by atoms with Crippen LogP contribution in [0.1, 0.15) is 49.5 Å². The lowest BCUT2D eigenvalue weighted by atomic mass is 10.0. The van der Waals surface area contributed by atoms with Gasteiger partial charge >= 0.3 is 6.03 Å². The first-order valence-corrected chi connectivity index (χ1v) is 11.0. The van der Waals surface area contributed by atoms with E-state index in [0.717, 1.165) is 29.5 Å². The summed E-state index contributed by atoms with van der Waals surface area (Å²) < 4.78 is 16.1. The molecule has 0 saturated heterocycles. The third-order valence-corrected chi connectivity index (χ3v) is 5.92. The Morgan fingerprint density at radius 3 is 2.70 bits per heavy atom. The van der Waals surface area contributed by atoms with Crippen molar-refractivity contribution < 1.29 is 14.0 Å². The average Bonchev–Trinajstić information content (AvgIpc) is 3.45. The van der Waals surface area contributed by atoms with Crippen LogP contribution in [-0.2, 0) is 6.54 Å². The van der Waals surface area contributed by atoms with E-state index in [2.05, 4.69) is 21.0 Å². The Labute approximate surface area is 191 Å². The van der Waals surface area contributed by atoms with Crippen molar-refractivity contribution in [2.75, 3.05) is 5.32 Å². The summed E-state index contributed by atoms with van der Waals surface area (Å²) in [4.78, 5) is 23.9. The molecule has 1 aliphatic carbocycles. The van der Waals surface area contributed by atoms with Gasteiger partial charge in [0.15, 0.2) is 0 Å². The Balaban J connectivity index is 1.63. The predicted molar refractivity (Wildman–Crippen MR) is 126 cm³/mol. The summed E-state index contributed by atoms with van der Waals surface area (Å²) >= 11 is 0. The second-order valence-corrected chi connectivity index (χ2v) is 9.09. The van der Waals surface area contributed by atoms with Crippen LogP contribution in [0.25, 0.3) is 16.6 Å². The van der Waals surface area contributed by atoms with E-state index in [1.807, 2.05) is 36.5 Å². The zero-order valence-electron chi connectivity index (χ0n) is 19.0. The Kier molecular flexibility index (Phi) is 5.97. The lowest BCUT2D eigenvalue weighted by molar-refractivity contribution is 0.1000. The van der Waals surface area contributed by atoms with Gasteiger partial charge in [-0.2, -0.15) is 5.10 Å². The molecule has 2 aromatic heterocycles. The lowest BCUT2D eigenvalue weighted by Crippen LogP contribution is -2.36. The molecule has 8 nitrogen and oxygen atoms in total. The molecular formula is C24H29FN6O2. The van der Waals surface area contributed by atoms with Gasteiger partial charge < -0.3 is 21.7 Å². The molecule has 1 fully saturated rings. The summed E-state index contributed by atoms with van der Waals surface area (Å²) in [5.74, 6) is -0.642. The minimum atomic E-state index is -1.52. The summed E-state index contributed by atoms with van der Waals surface area (Å²) in [6.07, 6.45) is 5.30. The molecular weight excluding hydrogens is 423 g/mol. The lowest BCUT2D eigenvalue weighted by Gasteiger charge is -2.26. The summed E-state index contributed by atoms with van der Waals surface area (Å²) in [6.45, 7) is 5.06. The van der Waals surface area contributed by atoms with Crippen molar-refractivity contribution in [3.8, 4) is 11.1 Å². The largest absolute Gasteiger partial charge is 0.377 e. The van der Waals surface area contributed by atoms with Gasteiger partial charge in [0.05, 0.1) is 29.0 Å². The van der Waals surface area contributed by atoms with Crippen LogP contribution in [0.15, 0.2) is 42.7 Å². The van der Waals surface area contributed by atoms with Crippen molar-refractivity contribution in [3.63, 3.8) is 0 Å². The first-order chi connectivity index (χ1) is 15.6. The summed E-state index contributed by atoms with van der Waals surface area (Å²) in [6, 6.07) is 9.25. The molecule has 3 amide bonds. The highest BCUT2D eigenvalue weighted by molar-refractivity contribution is 6.02. The van der Waals surface area contributed by atoms with E-state index in [1.165, 1.54) is 20.0 Å². The zero-order chi connectivity index (χ0) is 23.8. The third kappa shape index (κ3) is 5.24. The number of hydrogen-bond donors (Lipinski definition) is 4. The minimum Gasteiger partial charge on any atom is -0.377 e. The highest BCUT2D eigenvalue weighted by atomic mass is 19.1. The molecule has 174 valence electrons. The number of hydrogen-bond acceptors (Lipinski definition) is 4. The van der Waals surface area contributed by atoms with Gasteiger partial charge in [-0.25, -0.2) is 13.7 Å². The first-order valence-electron chi connectivity index (χ1n) is 11.0. The number of nitrogens with two attached hydrogens (primary N) is 1. The third-order valence-electron chi connectivity index (χ3n) is 5.92. The summed E-state index contributed by atoms with van der Waals surface area (Å²) in [5.41, 5.74) is 8.03. The zero-order valence-corrected chi connectivity index (χ0v) is 19.0. The van der Waals surface area contributed by atoms with Gasteiger partial charge in [0, 0.05) is 24.3 Å². The summed E-state index contributed by atoms with van der Waals surface area (Å²) in [7, 11) is 0. The molecule has 9 heteroatoms. The van der Waals surface area contributed by atoms with E-state index in [9.17, 15) is 14.0 Å². The normalized spacial score (nSPS) is 14.7. The number of carbonyl (C=O) groups is 2. The van der Waals surface area contributed by atoms with Crippen molar-refractivity contribution in [1.82, 2.24) is 20.2 Å². The van der Waals surface area contributed by atoms with Crippen molar-refractivity contribution in [2.45, 2.75) is 57.9 Å². The Bertz CT molecular complexity index is 1200. The van der Waals surface area contributed by atoms with E-state index < -0.39 is 17.6 Å². The van der Waals surface area contributed by atoms with Crippen molar-refractivity contribution >= 4 is 23.1 Å². The maximum atomic E-state index is 14.5. The van der Waals surface area contributed by atoms with Gasteiger partial charge in [-0.1, -0.05) is 18.2 Å². The van der Waals surface area contributed by atoms with E-state index in [-0.39, 0.29) is 11.6 Å². The van der Waals surface area contributed by atoms with E-state index in [4.69, 9.17) is 5.73 Å². The number of anilines is 1. The number of carbonyl (C=O) groups excluding carboxylic acids is 2. The number of halogens is 1. The van der Waals surface area contributed by atoms with Crippen LogP contribution >= 0.6 is 0 Å². The van der Waals surface area contributed by atoms with Gasteiger partial charge in [0.2, 0.25) is 0 Å². The Morgan fingerprint density at radius 2 is 2.03 bits per heavy atom. The van der Waals surface area contributed by atoms with Gasteiger partial charge in [0.1, 0.15) is 5.67 Å². The second-order valence-electron chi connectivity index (χ2n) is 9.09. The number of amides is 3. The van der Waals surface area contributed by atoms with Crippen LogP contribution < -0.4 is 21.7 Å². The number of rotatable bonds is 8. The Morgan fingerprint density at radius 1 is 1.27 bits per heavy atom. The molecule has 1 aromatic carbocycles. The van der Waals surface area contributed by atoms with Gasteiger partial charge in [-0.05, 0) is 56.9 Å². The van der Waals surface area contributed by atoms with Gasteiger partial charge in [0.25, 0.3) is 5.91 Å². The maximum Gasteiger partial charge on any atom is 0.315 e. The molecule has 0 radical (unpaired) electrons. The molecule has 33 heavy (non-hydrogen) atoms. The molecule has 1 unspecified atom stereocenters. The number of alkyl halides is 1. The molecule has 4 rings (SSSR count). The van der Waals surface area contributed by atoms with E-state index in [1.54, 1.807) is 11.4 Å². The molecule has 1 saturated carbocycles. The monoisotopic (exact) mass is 452 g/mol. The molecule has 0 spiro atoms. The first kappa shape index (κ1) is 22.6. The highest BCUT2D eigenvalue weighted by Crippen LogP contribution is 2.31. The highest BCUT2D eigenvalue weighted by Gasteiger charge is 2.27. The number of aromatic nitrogens is 2. The van der Waals surface area contributed by atoms with Crippen LogP contribution in [0, 0.1) is 0 Å². The molecule has 5 N–H and O–H groups in total. The SMILES string of the molecule is CC(Nc1c(C(N)=O)cnn2cc(-c3cccc(CNC(=O)NC4CC4)c3)cc12)C(C)(C)F. The number of primary amides is 1. The fourth-order valence-electron chi connectivity index (χ4n) is 3.45. The van der Waals surface area contributed by atoms with Crippen LogP contribution in [0.2, 0.25) is 0 Å². The Hall–Kier alpha value is -3.62. The average molecular weight is 453 g/mol. The molecule has 3 aromatic rings. The van der Waals surface area contributed by atoms with Crippen LogP contribution in [0.4, 0.5) is 14.9 Å². The number of fused-ring (bicyclic) bond motifs is 1. The molecule has 0 aliphatic heterocycles. The number of nitrogens with zero attached hydrogens (tertiary/aromatic N) is 2. The number of urea groups is 1. The van der Waals surface area contributed by atoms with Gasteiger partial charge in [-0.15, -0.1) is 0 Å². The van der Waals surface area contributed by atoms with Crippen LogP contribution in [-0.4, -0.2) is 39.3 Å². The molecule has 1 aliphatic rings. The van der Waals surface area contributed by atoms with E-state index >= 15 is 0 Å². The van der Waals surface area contributed by atoms with Crippen molar-refractivity contribution in [3.05, 3.63) is 53.9 Å². The fraction of sp³-hybridized carbons (Fsp3) is 0.375. The maximum absolute atomic E-state index is 14.5. The topological polar surface area (TPSA) is 114 Å². The van der Waals surface area contributed by atoms with Crippen molar-refractivity contribution in [1.29, 1.82) is 0 Å². The molecule has 0 bridgehead atoms. The standard InChI is InChI=1S/C24H29FN6O2/c1-14(24(2,3)25)29-21-19(22(26)32)12-28-31-13-17(10-20(21)31)16-6-4-5-15(9-16)11-27-23(33)30-18-7-8-18/h4-6,9-10,12-14,18,29H,7-8,11H2,1-3H3,(H2,26,32)(H2,27,30,33). The molecule has 2 heterocycles. The minimum absolute atomic E-state index is 0.165. The van der Waals surface area contributed by atoms with Gasteiger partial charge in [-0.3, -0.25) is 4.79 Å². The van der Waals surface area contributed by atoms with Crippen LogP contribution in [0.5, 0.6) is 0 Å². The number of benzene rings is 1. The number of nitrogens with one attached hydrogen (secondary N) is 3. The molecule has 1 atom stereocenters. The van der Waals surface area contributed by atoms with Crippen LogP contribution in [0.3, 0.4) is 0 Å². The van der Waals surface area contributed by atoms with Crippen molar-refractivity contribution in [2.24, 2.45) is 5.73 Å². The predicted octanol–water partition coefficient (Wildman–Crippen LogP) is 3.61. The second kappa shape index (κ2) is 8.73. The smallest absolute Gasteiger partial charge is 0.315 e. The summed E-state index contributed by atoms with van der Waals surface area (Å²) in [5, 5.41) is 13.2. The van der Waals surface area contributed by atoms with E-state index in [0.29, 0.717) is 23.8 Å². The fourth-order valence-corrected chi connectivity index (χ4v) is 3.45.